The van der Waals surface area contributed by atoms with Crippen molar-refractivity contribution < 1.29 is 4.39 Å². The second-order valence-electron chi connectivity index (χ2n) is 4.29. The van der Waals surface area contributed by atoms with Crippen molar-refractivity contribution in [3.63, 3.8) is 0 Å². The van der Waals surface area contributed by atoms with Gasteiger partial charge in [-0.2, -0.15) is 0 Å². The standard InChI is InChI=1S/C12H15FN4/c1-8(2)12(14)10-6-15-7-17(10)11-4-3-9(13)5-16-11/h3-8,12H,14H2,1-2H3. The van der Waals surface area contributed by atoms with Crippen LogP contribution in [0.4, 0.5) is 4.39 Å². The summed E-state index contributed by atoms with van der Waals surface area (Å²) in [5.74, 6) is 0.560. The van der Waals surface area contributed by atoms with Gasteiger partial charge in [-0.05, 0) is 18.1 Å². The van der Waals surface area contributed by atoms with Gasteiger partial charge in [-0.15, -0.1) is 0 Å². The average Bonchev–Trinajstić information content (AvgIpc) is 2.77. The molecule has 2 N–H and O–H groups in total. The Labute approximate surface area is 99.3 Å². The number of nitrogens with zero attached hydrogens (tertiary/aromatic N) is 3. The first-order chi connectivity index (χ1) is 8.09. The number of aromatic nitrogens is 3. The van der Waals surface area contributed by atoms with Gasteiger partial charge in [-0.25, -0.2) is 14.4 Å². The van der Waals surface area contributed by atoms with Gasteiger partial charge in [0.2, 0.25) is 0 Å². The van der Waals surface area contributed by atoms with Gasteiger partial charge in [0.1, 0.15) is 18.0 Å². The quantitative estimate of drug-likeness (QED) is 0.884. The molecule has 90 valence electrons. The van der Waals surface area contributed by atoms with Crippen molar-refractivity contribution in [2.45, 2.75) is 19.9 Å². The fraction of sp³-hybridized carbons (Fsp3) is 0.333. The second kappa shape index (κ2) is 4.63. The molecule has 0 saturated carbocycles. The maximum atomic E-state index is 12.8. The van der Waals surface area contributed by atoms with E-state index < -0.39 is 0 Å². The minimum atomic E-state index is -0.358. The zero-order valence-corrected chi connectivity index (χ0v) is 9.84. The van der Waals surface area contributed by atoms with Crippen LogP contribution in [0.15, 0.2) is 30.9 Å². The maximum Gasteiger partial charge on any atom is 0.141 e. The van der Waals surface area contributed by atoms with Crippen LogP contribution in [-0.2, 0) is 0 Å². The molecular formula is C12H15FN4. The van der Waals surface area contributed by atoms with E-state index in [0.717, 1.165) is 5.69 Å². The number of pyridine rings is 1. The number of rotatable bonds is 3. The molecule has 0 radical (unpaired) electrons. The van der Waals surface area contributed by atoms with Crippen molar-refractivity contribution in [3.8, 4) is 5.82 Å². The molecule has 1 atom stereocenters. The Bertz CT molecular complexity index is 489. The summed E-state index contributed by atoms with van der Waals surface area (Å²) >= 11 is 0. The molecule has 5 heteroatoms. The number of hydrogen-bond acceptors (Lipinski definition) is 3. The molecule has 0 spiro atoms. The van der Waals surface area contributed by atoms with Crippen LogP contribution < -0.4 is 5.73 Å². The Morgan fingerprint density at radius 3 is 2.65 bits per heavy atom. The van der Waals surface area contributed by atoms with E-state index in [2.05, 4.69) is 9.97 Å². The number of hydrogen-bond donors (Lipinski definition) is 1. The first-order valence-corrected chi connectivity index (χ1v) is 5.49. The molecular weight excluding hydrogens is 219 g/mol. The van der Waals surface area contributed by atoms with Crippen LogP contribution >= 0.6 is 0 Å². The molecule has 2 aromatic rings. The van der Waals surface area contributed by atoms with Crippen LogP contribution in [0.5, 0.6) is 0 Å². The van der Waals surface area contributed by atoms with Crippen molar-refractivity contribution in [1.29, 1.82) is 0 Å². The molecule has 0 amide bonds. The molecule has 4 nitrogen and oxygen atoms in total. The zero-order valence-electron chi connectivity index (χ0n) is 9.84. The van der Waals surface area contributed by atoms with E-state index in [4.69, 9.17) is 5.73 Å². The molecule has 0 aliphatic heterocycles. The lowest BCUT2D eigenvalue weighted by molar-refractivity contribution is 0.496. The molecule has 2 aromatic heterocycles. The molecule has 2 heterocycles. The number of imidazole rings is 1. The lowest BCUT2D eigenvalue weighted by atomic mass is 10.0. The van der Waals surface area contributed by atoms with Crippen molar-refractivity contribution >= 4 is 0 Å². The zero-order chi connectivity index (χ0) is 12.4. The second-order valence-corrected chi connectivity index (χ2v) is 4.29. The summed E-state index contributed by atoms with van der Waals surface area (Å²) < 4.78 is 14.6. The molecule has 1 unspecified atom stereocenters. The van der Waals surface area contributed by atoms with E-state index >= 15 is 0 Å². The Hall–Kier alpha value is -1.75. The maximum absolute atomic E-state index is 12.8. The predicted octanol–water partition coefficient (Wildman–Crippen LogP) is 2.06. The van der Waals surface area contributed by atoms with Crippen molar-refractivity contribution in [3.05, 3.63) is 42.4 Å². The Balaban J connectivity index is 2.40. The smallest absolute Gasteiger partial charge is 0.141 e. The average molecular weight is 234 g/mol. The summed E-state index contributed by atoms with van der Waals surface area (Å²) in [6.45, 7) is 4.08. The Kier molecular flexibility index (Phi) is 3.19. The van der Waals surface area contributed by atoms with Crippen LogP contribution in [0.3, 0.4) is 0 Å². The predicted molar refractivity (Wildman–Crippen MR) is 63.1 cm³/mol. The first-order valence-electron chi connectivity index (χ1n) is 5.49. The SMILES string of the molecule is CC(C)C(N)c1cncn1-c1ccc(F)cn1. The highest BCUT2D eigenvalue weighted by Crippen LogP contribution is 2.20. The summed E-state index contributed by atoms with van der Waals surface area (Å²) in [6, 6.07) is 2.85. The van der Waals surface area contributed by atoms with Gasteiger partial charge in [0, 0.05) is 6.04 Å². The van der Waals surface area contributed by atoms with Crippen molar-refractivity contribution in [1.82, 2.24) is 14.5 Å². The van der Waals surface area contributed by atoms with Gasteiger partial charge in [0.25, 0.3) is 0 Å². The first kappa shape index (κ1) is 11.7. The molecule has 0 aliphatic carbocycles. The number of halogens is 1. The van der Waals surface area contributed by atoms with E-state index in [9.17, 15) is 4.39 Å². The molecule has 0 aromatic carbocycles. The third-order valence-corrected chi connectivity index (χ3v) is 2.69. The summed E-state index contributed by atoms with van der Waals surface area (Å²) in [6.07, 6.45) is 4.54. The molecule has 2 rings (SSSR count). The summed E-state index contributed by atoms with van der Waals surface area (Å²) in [5, 5.41) is 0. The normalized spacial score (nSPS) is 13.0. The summed E-state index contributed by atoms with van der Waals surface area (Å²) in [4.78, 5) is 8.09. The van der Waals surface area contributed by atoms with Gasteiger partial charge in [-0.3, -0.25) is 4.57 Å². The Morgan fingerprint density at radius 1 is 1.29 bits per heavy atom. The van der Waals surface area contributed by atoms with Crippen LogP contribution in [-0.4, -0.2) is 14.5 Å². The number of nitrogens with two attached hydrogens (primary N) is 1. The lowest BCUT2D eigenvalue weighted by Gasteiger charge is -2.17. The molecule has 0 fully saturated rings. The van der Waals surface area contributed by atoms with Gasteiger partial charge >= 0.3 is 0 Å². The van der Waals surface area contributed by atoms with Crippen LogP contribution in [0, 0.1) is 11.7 Å². The lowest BCUT2D eigenvalue weighted by Crippen LogP contribution is -2.20. The monoisotopic (exact) mass is 234 g/mol. The fourth-order valence-electron chi connectivity index (χ4n) is 1.60. The van der Waals surface area contributed by atoms with E-state index in [1.165, 1.54) is 12.3 Å². The van der Waals surface area contributed by atoms with Gasteiger partial charge in [0.15, 0.2) is 0 Å². The largest absolute Gasteiger partial charge is 0.322 e. The highest BCUT2D eigenvalue weighted by atomic mass is 19.1. The van der Waals surface area contributed by atoms with E-state index in [0.29, 0.717) is 11.7 Å². The molecule has 0 bridgehead atoms. The minimum Gasteiger partial charge on any atom is -0.322 e. The van der Waals surface area contributed by atoms with Gasteiger partial charge in [0.05, 0.1) is 18.1 Å². The third kappa shape index (κ3) is 2.34. The van der Waals surface area contributed by atoms with Gasteiger partial charge < -0.3 is 5.73 Å². The summed E-state index contributed by atoms with van der Waals surface area (Å²) in [7, 11) is 0. The summed E-state index contributed by atoms with van der Waals surface area (Å²) in [5.41, 5.74) is 6.96. The van der Waals surface area contributed by atoms with E-state index in [1.807, 2.05) is 13.8 Å². The van der Waals surface area contributed by atoms with Crippen LogP contribution in [0.1, 0.15) is 25.6 Å². The van der Waals surface area contributed by atoms with E-state index in [1.54, 1.807) is 23.2 Å². The molecule has 0 saturated heterocycles. The highest BCUT2D eigenvalue weighted by molar-refractivity contribution is 5.26. The highest BCUT2D eigenvalue weighted by Gasteiger charge is 2.16. The van der Waals surface area contributed by atoms with E-state index in [-0.39, 0.29) is 11.9 Å². The van der Waals surface area contributed by atoms with Crippen LogP contribution in [0.2, 0.25) is 0 Å². The molecule has 0 aliphatic rings. The minimum absolute atomic E-state index is 0.121. The van der Waals surface area contributed by atoms with Crippen LogP contribution in [0.25, 0.3) is 5.82 Å². The van der Waals surface area contributed by atoms with Crippen molar-refractivity contribution in [2.75, 3.05) is 0 Å². The third-order valence-electron chi connectivity index (χ3n) is 2.69. The Morgan fingerprint density at radius 2 is 2.06 bits per heavy atom. The van der Waals surface area contributed by atoms with Crippen molar-refractivity contribution in [2.24, 2.45) is 11.7 Å². The molecule has 17 heavy (non-hydrogen) atoms. The fourth-order valence-corrected chi connectivity index (χ4v) is 1.60. The van der Waals surface area contributed by atoms with Gasteiger partial charge in [-0.1, -0.05) is 13.8 Å². The topological polar surface area (TPSA) is 56.7 Å².